The third-order valence-electron chi connectivity index (χ3n) is 4.83. The van der Waals surface area contributed by atoms with E-state index in [4.69, 9.17) is 4.42 Å². The maximum atomic E-state index is 13.0. The summed E-state index contributed by atoms with van der Waals surface area (Å²) < 4.78 is 18.6. The first-order valence-electron chi connectivity index (χ1n) is 8.17. The van der Waals surface area contributed by atoms with Crippen LogP contribution in [0.15, 0.2) is 34.9 Å². The molecule has 22 heavy (non-hydrogen) atoms. The molecule has 0 N–H and O–H groups in total. The van der Waals surface area contributed by atoms with Crippen molar-refractivity contribution in [1.29, 1.82) is 0 Å². The van der Waals surface area contributed by atoms with Gasteiger partial charge in [0.2, 0.25) is 5.89 Å². The van der Waals surface area contributed by atoms with Crippen LogP contribution in [0.3, 0.4) is 0 Å². The average molecular weight is 300 g/mol. The van der Waals surface area contributed by atoms with E-state index in [1.165, 1.54) is 37.8 Å². The second kappa shape index (κ2) is 5.51. The Kier molecular flexibility index (Phi) is 3.49. The van der Waals surface area contributed by atoms with E-state index in [-0.39, 0.29) is 5.82 Å². The van der Waals surface area contributed by atoms with Gasteiger partial charge in [-0.1, -0.05) is 0 Å². The van der Waals surface area contributed by atoms with Crippen LogP contribution in [0.25, 0.3) is 11.5 Å². The SMILES string of the molecule is CC(C1CC1)N(Cc1coc(-c2ccc(F)cc2)n1)C1CC1. The number of halogens is 1. The Morgan fingerprint density at radius 3 is 2.59 bits per heavy atom. The van der Waals surface area contributed by atoms with E-state index in [9.17, 15) is 4.39 Å². The topological polar surface area (TPSA) is 29.3 Å². The Morgan fingerprint density at radius 1 is 1.23 bits per heavy atom. The maximum Gasteiger partial charge on any atom is 0.226 e. The van der Waals surface area contributed by atoms with Crippen molar-refractivity contribution in [2.45, 2.75) is 51.2 Å². The van der Waals surface area contributed by atoms with Crippen LogP contribution >= 0.6 is 0 Å². The van der Waals surface area contributed by atoms with Crippen LogP contribution in [-0.2, 0) is 6.54 Å². The van der Waals surface area contributed by atoms with E-state index in [1.54, 1.807) is 18.4 Å². The van der Waals surface area contributed by atoms with Crippen LogP contribution in [0.2, 0.25) is 0 Å². The molecule has 2 saturated carbocycles. The number of oxazole rings is 1. The van der Waals surface area contributed by atoms with Gasteiger partial charge in [-0.05, 0) is 62.8 Å². The molecule has 0 amide bonds. The molecule has 2 aliphatic carbocycles. The van der Waals surface area contributed by atoms with Gasteiger partial charge in [-0.25, -0.2) is 9.37 Å². The fourth-order valence-corrected chi connectivity index (χ4v) is 3.15. The number of hydrogen-bond acceptors (Lipinski definition) is 3. The predicted molar refractivity (Wildman–Crippen MR) is 82.6 cm³/mol. The third-order valence-corrected chi connectivity index (χ3v) is 4.83. The summed E-state index contributed by atoms with van der Waals surface area (Å²) in [5.41, 5.74) is 1.79. The van der Waals surface area contributed by atoms with Gasteiger partial charge in [-0.3, -0.25) is 4.90 Å². The molecule has 0 bridgehead atoms. The molecule has 0 radical (unpaired) electrons. The largest absolute Gasteiger partial charge is 0.444 e. The van der Waals surface area contributed by atoms with Crippen molar-refractivity contribution in [3.8, 4) is 11.5 Å². The fraction of sp³-hybridized carbons (Fsp3) is 0.500. The standard InChI is InChI=1S/C18H21FN2O/c1-12(13-2-3-13)21(17-8-9-17)10-16-11-22-18(20-16)14-4-6-15(19)7-5-14/h4-7,11-13,17H,2-3,8-10H2,1H3. The van der Waals surface area contributed by atoms with E-state index in [2.05, 4.69) is 16.8 Å². The van der Waals surface area contributed by atoms with Crippen LogP contribution in [0, 0.1) is 11.7 Å². The summed E-state index contributed by atoms with van der Waals surface area (Å²) in [6.07, 6.45) is 7.08. The van der Waals surface area contributed by atoms with Crippen LogP contribution in [0.5, 0.6) is 0 Å². The second-order valence-electron chi connectivity index (χ2n) is 6.63. The van der Waals surface area contributed by atoms with Gasteiger partial charge in [0.05, 0.1) is 5.69 Å². The van der Waals surface area contributed by atoms with E-state index in [1.807, 2.05) is 0 Å². The quantitative estimate of drug-likeness (QED) is 0.799. The molecular formula is C18H21FN2O. The van der Waals surface area contributed by atoms with Crippen molar-refractivity contribution in [2.75, 3.05) is 0 Å². The Labute approximate surface area is 130 Å². The van der Waals surface area contributed by atoms with Crippen LogP contribution in [0.1, 0.15) is 38.3 Å². The molecular weight excluding hydrogens is 279 g/mol. The lowest BCUT2D eigenvalue weighted by atomic mass is 10.1. The van der Waals surface area contributed by atoms with E-state index < -0.39 is 0 Å². The number of nitrogens with zero attached hydrogens (tertiary/aromatic N) is 2. The average Bonchev–Trinajstić information content (AvgIpc) is 3.43. The first-order chi connectivity index (χ1) is 10.7. The minimum atomic E-state index is -0.242. The van der Waals surface area contributed by atoms with Crippen molar-refractivity contribution in [1.82, 2.24) is 9.88 Å². The van der Waals surface area contributed by atoms with Crippen molar-refractivity contribution in [3.05, 3.63) is 42.0 Å². The van der Waals surface area contributed by atoms with Crippen molar-refractivity contribution in [3.63, 3.8) is 0 Å². The Balaban J connectivity index is 1.49. The molecule has 2 aliphatic rings. The Morgan fingerprint density at radius 2 is 1.95 bits per heavy atom. The minimum Gasteiger partial charge on any atom is -0.444 e. The summed E-state index contributed by atoms with van der Waals surface area (Å²) in [4.78, 5) is 7.18. The molecule has 2 aromatic rings. The molecule has 4 rings (SSSR count). The van der Waals surface area contributed by atoms with Gasteiger partial charge >= 0.3 is 0 Å². The minimum absolute atomic E-state index is 0.242. The molecule has 1 heterocycles. The lowest BCUT2D eigenvalue weighted by Gasteiger charge is -2.28. The summed E-state index contributed by atoms with van der Waals surface area (Å²) in [5.74, 6) is 1.20. The van der Waals surface area contributed by atoms with E-state index in [0.29, 0.717) is 11.9 Å². The lowest BCUT2D eigenvalue weighted by Crippen LogP contribution is -2.36. The van der Waals surface area contributed by atoms with E-state index in [0.717, 1.165) is 29.8 Å². The van der Waals surface area contributed by atoms with E-state index >= 15 is 0 Å². The molecule has 116 valence electrons. The molecule has 0 aliphatic heterocycles. The summed E-state index contributed by atoms with van der Waals surface area (Å²) in [6.45, 7) is 3.20. The number of rotatable bonds is 6. The number of hydrogen-bond donors (Lipinski definition) is 0. The monoisotopic (exact) mass is 300 g/mol. The molecule has 3 nitrogen and oxygen atoms in total. The summed E-state index contributed by atoms with van der Waals surface area (Å²) in [6, 6.07) is 7.64. The summed E-state index contributed by atoms with van der Waals surface area (Å²) in [5, 5.41) is 0. The van der Waals surface area contributed by atoms with Crippen LogP contribution in [0.4, 0.5) is 4.39 Å². The maximum absolute atomic E-state index is 13.0. The molecule has 1 aromatic carbocycles. The normalized spacial score (nSPS) is 19.6. The number of aromatic nitrogens is 1. The van der Waals surface area contributed by atoms with Crippen LogP contribution < -0.4 is 0 Å². The summed E-state index contributed by atoms with van der Waals surface area (Å²) >= 11 is 0. The van der Waals surface area contributed by atoms with Gasteiger partial charge in [-0.2, -0.15) is 0 Å². The molecule has 1 unspecified atom stereocenters. The lowest BCUT2D eigenvalue weighted by molar-refractivity contribution is 0.168. The zero-order valence-corrected chi connectivity index (χ0v) is 12.8. The van der Waals surface area contributed by atoms with Gasteiger partial charge in [0.25, 0.3) is 0 Å². The molecule has 1 aromatic heterocycles. The highest BCUT2D eigenvalue weighted by atomic mass is 19.1. The highest BCUT2D eigenvalue weighted by molar-refractivity contribution is 5.52. The summed E-state index contributed by atoms with van der Waals surface area (Å²) in [7, 11) is 0. The smallest absolute Gasteiger partial charge is 0.226 e. The third kappa shape index (κ3) is 2.93. The molecule has 0 spiro atoms. The Bertz CT molecular complexity index is 643. The predicted octanol–water partition coefficient (Wildman–Crippen LogP) is 4.24. The Hall–Kier alpha value is -1.68. The zero-order valence-electron chi connectivity index (χ0n) is 12.8. The molecule has 1 atom stereocenters. The fourth-order valence-electron chi connectivity index (χ4n) is 3.15. The first kappa shape index (κ1) is 13.9. The van der Waals surface area contributed by atoms with Gasteiger partial charge in [0.1, 0.15) is 12.1 Å². The molecule has 0 saturated heterocycles. The highest BCUT2D eigenvalue weighted by Crippen LogP contribution is 2.40. The molecule has 4 heteroatoms. The highest BCUT2D eigenvalue weighted by Gasteiger charge is 2.39. The first-order valence-corrected chi connectivity index (χ1v) is 8.17. The van der Waals surface area contributed by atoms with Gasteiger partial charge < -0.3 is 4.42 Å². The van der Waals surface area contributed by atoms with Crippen LogP contribution in [-0.4, -0.2) is 22.0 Å². The van der Waals surface area contributed by atoms with Crippen molar-refractivity contribution < 1.29 is 8.81 Å². The van der Waals surface area contributed by atoms with Crippen molar-refractivity contribution in [2.24, 2.45) is 5.92 Å². The van der Waals surface area contributed by atoms with Gasteiger partial charge in [-0.15, -0.1) is 0 Å². The van der Waals surface area contributed by atoms with Gasteiger partial charge in [0.15, 0.2) is 0 Å². The van der Waals surface area contributed by atoms with Crippen molar-refractivity contribution >= 4 is 0 Å². The number of benzene rings is 1. The molecule has 2 fully saturated rings. The zero-order chi connectivity index (χ0) is 15.1. The second-order valence-corrected chi connectivity index (χ2v) is 6.63. The van der Waals surface area contributed by atoms with Gasteiger partial charge in [0, 0.05) is 24.2 Å².